The number of hydrogen-bond acceptors (Lipinski definition) is 4. The molecule has 0 fully saturated rings. The van der Waals surface area contributed by atoms with E-state index >= 15 is 0 Å². The lowest BCUT2D eigenvalue weighted by atomic mass is 10.2. The molecule has 0 spiro atoms. The Kier molecular flexibility index (Phi) is 3.32. The van der Waals surface area contributed by atoms with Gasteiger partial charge in [0.2, 0.25) is 0 Å². The van der Waals surface area contributed by atoms with Gasteiger partial charge in [0.1, 0.15) is 10.3 Å². The van der Waals surface area contributed by atoms with Gasteiger partial charge in [0.25, 0.3) is 0 Å². The fraction of sp³-hybridized carbons (Fsp3) is 0.667. The van der Waals surface area contributed by atoms with Crippen LogP contribution in [0.4, 0.5) is 0 Å². The van der Waals surface area contributed by atoms with Crippen LogP contribution in [0.3, 0.4) is 0 Å². The molecule has 1 heterocycles. The zero-order chi connectivity index (χ0) is 10.9. The van der Waals surface area contributed by atoms with E-state index in [0.29, 0.717) is 10.9 Å². The van der Waals surface area contributed by atoms with Gasteiger partial charge in [-0.05, 0) is 12.8 Å². The van der Waals surface area contributed by atoms with Gasteiger partial charge in [0, 0.05) is 11.6 Å². The number of hydrogen-bond donors (Lipinski definition) is 0. The second-order valence-corrected chi connectivity index (χ2v) is 6.99. The first kappa shape index (κ1) is 11.7. The van der Waals surface area contributed by atoms with Crippen LogP contribution in [0.5, 0.6) is 0 Å². The molecule has 1 aromatic rings. The van der Waals surface area contributed by atoms with Crippen molar-refractivity contribution in [3.8, 4) is 0 Å². The van der Waals surface area contributed by atoms with Crippen molar-refractivity contribution in [3.63, 3.8) is 0 Å². The van der Waals surface area contributed by atoms with Crippen LogP contribution in [0, 0.1) is 0 Å². The molecule has 0 aliphatic heterocycles. The minimum absolute atomic E-state index is 0.353. The third-order valence-electron chi connectivity index (χ3n) is 2.12. The van der Waals surface area contributed by atoms with Crippen molar-refractivity contribution in [2.75, 3.05) is 6.26 Å². The van der Waals surface area contributed by atoms with Gasteiger partial charge >= 0.3 is 0 Å². The molecule has 0 amide bonds. The number of nitrogens with zero attached hydrogens (tertiary/aromatic N) is 1. The molecule has 1 atom stereocenters. The predicted molar refractivity (Wildman–Crippen MR) is 59.5 cm³/mol. The van der Waals surface area contributed by atoms with E-state index in [1.807, 2.05) is 19.2 Å². The average Bonchev–Trinajstić information content (AvgIpc) is 2.48. The SMILES string of the molecule is CC(C)c1csc(C(C)S(C)(=O)=O)n1. The molecule has 0 saturated heterocycles. The summed E-state index contributed by atoms with van der Waals surface area (Å²) in [6.07, 6.45) is 1.24. The Morgan fingerprint density at radius 2 is 1.93 bits per heavy atom. The van der Waals surface area contributed by atoms with Gasteiger partial charge in [-0.1, -0.05) is 13.8 Å². The number of rotatable bonds is 3. The minimum Gasteiger partial charge on any atom is -0.245 e. The number of sulfone groups is 1. The molecule has 1 rings (SSSR count). The third-order valence-corrected chi connectivity index (χ3v) is 4.82. The van der Waals surface area contributed by atoms with Crippen molar-refractivity contribution in [1.29, 1.82) is 0 Å². The molecule has 1 unspecified atom stereocenters. The smallest absolute Gasteiger partial charge is 0.156 e. The van der Waals surface area contributed by atoms with E-state index in [1.54, 1.807) is 6.92 Å². The number of thiazole rings is 1. The van der Waals surface area contributed by atoms with Gasteiger partial charge in [-0.25, -0.2) is 13.4 Å². The van der Waals surface area contributed by atoms with E-state index in [1.165, 1.54) is 17.6 Å². The maximum atomic E-state index is 11.3. The molecule has 0 aliphatic rings. The molecule has 0 saturated carbocycles. The van der Waals surface area contributed by atoms with Crippen LogP contribution in [0.2, 0.25) is 0 Å². The van der Waals surface area contributed by atoms with Crippen LogP contribution >= 0.6 is 11.3 Å². The van der Waals surface area contributed by atoms with Crippen molar-refractivity contribution < 1.29 is 8.42 Å². The first-order valence-corrected chi connectivity index (χ1v) is 7.30. The summed E-state index contributed by atoms with van der Waals surface area (Å²) in [7, 11) is -3.02. The third kappa shape index (κ3) is 2.54. The minimum atomic E-state index is -3.02. The second kappa shape index (κ2) is 3.98. The van der Waals surface area contributed by atoms with Crippen LogP contribution in [0.15, 0.2) is 5.38 Å². The molecule has 0 aliphatic carbocycles. The van der Waals surface area contributed by atoms with E-state index in [2.05, 4.69) is 4.98 Å². The maximum absolute atomic E-state index is 11.3. The summed E-state index contributed by atoms with van der Waals surface area (Å²) in [5.74, 6) is 0.353. The summed E-state index contributed by atoms with van der Waals surface area (Å²) in [5, 5.41) is 2.14. The Morgan fingerprint density at radius 3 is 2.29 bits per heavy atom. The number of aromatic nitrogens is 1. The molecule has 0 bridgehead atoms. The van der Waals surface area contributed by atoms with Crippen LogP contribution in [0.25, 0.3) is 0 Å². The highest BCUT2D eigenvalue weighted by Crippen LogP contribution is 2.26. The van der Waals surface area contributed by atoms with E-state index in [4.69, 9.17) is 0 Å². The van der Waals surface area contributed by atoms with Crippen molar-refractivity contribution in [2.45, 2.75) is 31.9 Å². The molecule has 14 heavy (non-hydrogen) atoms. The fourth-order valence-corrected chi connectivity index (χ4v) is 2.96. The summed E-state index contributed by atoms with van der Waals surface area (Å²) in [5.41, 5.74) is 0.973. The van der Waals surface area contributed by atoms with E-state index in [-0.39, 0.29) is 0 Å². The molecule has 1 aromatic heterocycles. The van der Waals surface area contributed by atoms with Crippen LogP contribution in [-0.4, -0.2) is 19.7 Å². The van der Waals surface area contributed by atoms with Crippen molar-refractivity contribution in [1.82, 2.24) is 4.98 Å². The topological polar surface area (TPSA) is 47.0 Å². The van der Waals surface area contributed by atoms with Crippen LogP contribution < -0.4 is 0 Å². The first-order chi connectivity index (χ1) is 6.32. The van der Waals surface area contributed by atoms with Gasteiger partial charge in [-0.2, -0.15) is 0 Å². The summed E-state index contributed by atoms with van der Waals surface area (Å²) in [6.45, 7) is 5.77. The highest BCUT2D eigenvalue weighted by atomic mass is 32.2. The molecule has 0 N–H and O–H groups in total. The lowest BCUT2D eigenvalue weighted by molar-refractivity contribution is 0.591. The molecule has 5 heteroatoms. The Balaban J connectivity index is 2.98. The average molecular weight is 233 g/mol. The maximum Gasteiger partial charge on any atom is 0.156 e. The van der Waals surface area contributed by atoms with Gasteiger partial charge in [-0.15, -0.1) is 11.3 Å². The Morgan fingerprint density at radius 1 is 1.36 bits per heavy atom. The summed E-state index contributed by atoms with van der Waals surface area (Å²) >= 11 is 1.42. The van der Waals surface area contributed by atoms with Crippen molar-refractivity contribution in [2.24, 2.45) is 0 Å². The highest BCUT2D eigenvalue weighted by molar-refractivity contribution is 7.91. The van der Waals surface area contributed by atoms with E-state index in [0.717, 1.165) is 5.69 Å². The summed E-state index contributed by atoms with van der Waals surface area (Å²) in [6, 6.07) is 0. The normalized spacial score (nSPS) is 14.6. The van der Waals surface area contributed by atoms with Crippen LogP contribution in [0.1, 0.15) is 42.6 Å². The molecular weight excluding hydrogens is 218 g/mol. The fourth-order valence-electron chi connectivity index (χ4n) is 0.936. The van der Waals surface area contributed by atoms with Gasteiger partial charge < -0.3 is 0 Å². The zero-order valence-corrected chi connectivity index (χ0v) is 10.4. The Labute approximate surface area is 89.1 Å². The first-order valence-electron chi connectivity index (χ1n) is 4.46. The lowest BCUT2D eigenvalue weighted by Crippen LogP contribution is -2.07. The molecular formula is C9H15NO2S2. The second-order valence-electron chi connectivity index (χ2n) is 3.74. The monoisotopic (exact) mass is 233 g/mol. The molecule has 80 valence electrons. The predicted octanol–water partition coefficient (Wildman–Crippen LogP) is 2.37. The molecule has 0 radical (unpaired) electrons. The van der Waals surface area contributed by atoms with Gasteiger partial charge in [0.05, 0.1) is 5.69 Å². The highest BCUT2D eigenvalue weighted by Gasteiger charge is 2.20. The zero-order valence-electron chi connectivity index (χ0n) is 8.81. The Hall–Kier alpha value is -0.420. The lowest BCUT2D eigenvalue weighted by Gasteiger charge is -2.04. The van der Waals surface area contributed by atoms with Crippen LogP contribution in [-0.2, 0) is 9.84 Å². The van der Waals surface area contributed by atoms with E-state index in [9.17, 15) is 8.42 Å². The summed E-state index contributed by atoms with van der Waals surface area (Å²) < 4.78 is 22.6. The quantitative estimate of drug-likeness (QED) is 0.805. The van der Waals surface area contributed by atoms with Gasteiger partial charge in [-0.3, -0.25) is 0 Å². The van der Waals surface area contributed by atoms with E-state index < -0.39 is 15.1 Å². The van der Waals surface area contributed by atoms with Gasteiger partial charge in [0.15, 0.2) is 9.84 Å². The molecule has 0 aromatic carbocycles. The largest absolute Gasteiger partial charge is 0.245 e. The molecule has 3 nitrogen and oxygen atoms in total. The standard InChI is InChI=1S/C9H15NO2S2/c1-6(2)8-5-13-9(10-8)7(3)14(4,11)12/h5-7H,1-4H3. The summed E-state index contributed by atoms with van der Waals surface area (Å²) in [4.78, 5) is 4.32. The van der Waals surface area contributed by atoms with Crippen molar-refractivity contribution in [3.05, 3.63) is 16.1 Å². The Bertz CT molecular complexity index is 406. The van der Waals surface area contributed by atoms with Crippen molar-refractivity contribution >= 4 is 21.2 Å².